The summed E-state index contributed by atoms with van der Waals surface area (Å²) in [6.45, 7) is 1.95. The second kappa shape index (κ2) is 5.55. The molecule has 1 aromatic rings. The number of hydrogen-bond acceptors (Lipinski definition) is 4. The summed E-state index contributed by atoms with van der Waals surface area (Å²) in [5.74, 6) is -1.57. The summed E-state index contributed by atoms with van der Waals surface area (Å²) >= 11 is 0. The summed E-state index contributed by atoms with van der Waals surface area (Å²) in [5, 5.41) is 0.624. The molecular weight excluding hydrogens is 282 g/mol. The molecule has 0 spiro atoms. The van der Waals surface area contributed by atoms with E-state index in [2.05, 4.69) is 0 Å². The molecule has 0 radical (unpaired) electrons. The number of imide groups is 1. The van der Waals surface area contributed by atoms with E-state index in [9.17, 15) is 14.4 Å². The molecule has 5 heteroatoms. The van der Waals surface area contributed by atoms with Gasteiger partial charge < -0.3 is 4.84 Å². The fraction of sp³-hybridized carbons (Fsp3) is 0.471. The molecule has 0 bridgehead atoms. The predicted molar refractivity (Wildman–Crippen MR) is 78.8 cm³/mol. The Kier molecular flexibility index (Phi) is 3.72. The maximum atomic E-state index is 12.6. The summed E-state index contributed by atoms with van der Waals surface area (Å²) in [6, 6.07) is 6.51. The molecule has 2 amide bonds. The standard InChI is InChI=1S/C17H19NO4/c1-2-17(10-6-3-7-11-17)16(21)22-18-14(19)12-8-4-5-9-13(12)15(18)20/h4-5,8-9H,2-3,6-7,10-11H2,1H3. The molecule has 0 N–H and O–H groups in total. The smallest absolute Gasteiger partial charge is 0.329 e. The first-order chi connectivity index (χ1) is 10.6. The van der Waals surface area contributed by atoms with E-state index in [0.29, 0.717) is 11.5 Å². The minimum atomic E-state index is -0.562. The van der Waals surface area contributed by atoms with Gasteiger partial charge >= 0.3 is 5.97 Å². The van der Waals surface area contributed by atoms with Crippen molar-refractivity contribution in [1.82, 2.24) is 5.06 Å². The number of rotatable bonds is 3. The molecule has 0 atom stereocenters. The highest BCUT2D eigenvalue weighted by molar-refractivity contribution is 6.20. The fourth-order valence-corrected chi connectivity index (χ4v) is 3.36. The maximum Gasteiger partial charge on any atom is 0.339 e. The Morgan fingerprint density at radius 3 is 2.14 bits per heavy atom. The van der Waals surface area contributed by atoms with Crippen LogP contribution in [-0.2, 0) is 9.63 Å². The summed E-state index contributed by atoms with van der Waals surface area (Å²) in [6.07, 6.45) is 5.24. The molecule has 1 aliphatic heterocycles. The Morgan fingerprint density at radius 1 is 1.09 bits per heavy atom. The molecule has 5 nitrogen and oxygen atoms in total. The summed E-state index contributed by atoms with van der Waals surface area (Å²) < 4.78 is 0. The van der Waals surface area contributed by atoms with Gasteiger partial charge in [0.15, 0.2) is 0 Å². The third-order valence-corrected chi connectivity index (χ3v) is 4.85. The molecule has 22 heavy (non-hydrogen) atoms. The second-order valence-electron chi connectivity index (χ2n) is 6.02. The van der Waals surface area contributed by atoms with Crippen molar-refractivity contribution in [2.45, 2.75) is 45.4 Å². The zero-order valence-electron chi connectivity index (χ0n) is 12.6. The quantitative estimate of drug-likeness (QED) is 0.805. The highest BCUT2D eigenvalue weighted by Crippen LogP contribution is 2.41. The van der Waals surface area contributed by atoms with Crippen molar-refractivity contribution in [1.29, 1.82) is 0 Å². The summed E-state index contributed by atoms with van der Waals surface area (Å²) in [4.78, 5) is 42.3. The number of hydroxylamine groups is 2. The van der Waals surface area contributed by atoms with Gasteiger partial charge in [-0.2, -0.15) is 0 Å². The van der Waals surface area contributed by atoms with Gasteiger partial charge in [0.2, 0.25) is 0 Å². The van der Waals surface area contributed by atoms with Crippen LogP contribution in [0, 0.1) is 5.41 Å². The minimum absolute atomic E-state index is 0.287. The Balaban J connectivity index is 1.81. The number of hydrogen-bond donors (Lipinski definition) is 0. The van der Waals surface area contributed by atoms with Crippen LogP contribution in [0.25, 0.3) is 0 Å². The second-order valence-corrected chi connectivity index (χ2v) is 6.02. The van der Waals surface area contributed by atoms with Gasteiger partial charge in [0.1, 0.15) is 0 Å². The average molecular weight is 301 g/mol. The lowest BCUT2D eigenvalue weighted by Gasteiger charge is -2.34. The largest absolute Gasteiger partial charge is 0.339 e. The number of nitrogens with zero attached hydrogens (tertiary/aromatic N) is 1. The van der Waals surface area contributed by atoms with Gasteiger partial charge in [0.05, 0.1) is 16.5 Å². The van der Waals surface area contributed by atoms with E-state index < -0.39 is 23.2 Å². The van der Waals surface area contributed by atoms with Gasteiger partial charge in [0, 0.05) is 0 Å². The predicted octanol–water partition coefficient (Wildman–Crippen LogP) is 3.10. The van der Waals surface area contributed by atoms with Crippen LogP contribution in [-0.4, -0.2) is 22.8 Å². The minimum Gasteiger partial charge on any atom is -0.329 e. The number of amides is 2. The maximum absolute atomic E-state index is 12.6. The van der Waals surface area contributed by atoms with Crippen LogP contribution in [0.5, 0.6) is 0 Å². The van der Waals surface area contributed by atoms with E-state index in [4.69, 9.17) is 4.84 Å². The van der Waals surface area contributed by atoms with Gasteiger partial charge in [-0.15, -0.1) is 0 Å². The van der Waals surface area contributed by atoms with E-state index in [1.54, 1.807) is 24.3 Å². The molecule has 1 saturated carbocycles. The lowest BCUT2D eigenvalue weighted by Crippen LogP contribution is -2.41. The van der Waals surface area contributed by atoms with Crippen molar-refractivity contribution >= 4 is 17.8 Å². The third kappa shape index (κ3) is 2.21. The number of fused-ring (bicyclic) bond motifs is 1. The van der Waals surface area contributed by atoms with Crippen LogP contribution in [0.15, 0.2) is 24.3 Å². The number of carbonyl (C=O) groups is 3. The first-order valence-electron chi connectivity index (χ1n) is 7.79. The SMILES string of the molecule is CCC1(C(=O)ON2C(=O)c3ccccc3C2=O)CCCCC1. The normalized spacial score (nSPS) is 20.0. The number of benzene rings is 1. The van der Waals surface area contributed by atoms with E-state index in [0.717, 1.165) is 32.1 Å². The van der Waals surface area contributed by atoms with E-state index in [-0.39, 0.29) is 11.1 Å². The highest BCUT2D eigenvalue weighted by Gasteiger charge is 2.45. The van der Waals surface area contributed by atoms with Crippen LogP contribution in [0.3, 0.4) is 0 Å². The van der Waals surface area contributed by atoms with Gasteiger partial charge in [-0.25, -0.2) is 4.79 Å². The van der Waals surface area contributed by atoms with Crippen molar-refractivity contribution in [2.24, 2.45) is 5.41 Å². The molecule has 3 rings (SSSR count). The summed E-state index contributed by atoms with van der Waals surface area (Å²) in [7, 11) is 0. The van der Waals surface area contributed by atoms with Gasteiger partial charge in [-0.3, -0.25) is 9.59 Å². The van der Waals surface area contributed by atoms with Crippen molar-refractivity contribution in [3.8, 4) is 0 Å². The fourth-order valence-electron chi connectivity index (χ4n) is 3.36. The van der Waals surface area contributed by atoms with Crippen LogP contribution >= 0.6 is 0 Å². The van der Waals surface area contributed by atoms with Crippen molar-refractivity contribution in [3.05, 3.63) is 35.4 Å². The highest BCUT2D eigenvalue weighted by atomic mass is 16.7. The first kappa shape index (κ1) is 14.8. The van der Waals surface area contributed by atoms with Gasteiger partial charge in [-0.05, 0) is 31.4 Å². The molecule has 1 fully saturated rings. The van der Waals surface area contributed by atoms with Crippen LogP contribution in [0.1, 0.15) is 66.2 Å². The molecule has 0 aromatic heterocycles. The van der Waals surface area contributed by atoms with Crippen molar-refractivity contribution in [3.63, 3.8) is 0 Å². The topological polar surface area (TPSA) is 63.7 Å². The Hall–Kier alpha value is -2.17. The summed E-state index contributed by atoms with van der Waals surface area (Å²) in [5.41, 5.74) is 0.0112. The first-order valence-corrected chi connectivity index (χ1v) is 7.79. The monoisotopic (exact) mass is 301 g/mol. The molecular formula is C17H19NO4. The van der Waals surface area contributed by atoms with E-state index >= 15 is 0 Å². The van der Waals surface area contributed by atoms with Crippen molar-refractivity contribution in [2.75, 3.05) is 0 Å². The molecule has 1 aliphatic carbocycles. The zero-order valence-corrected chi connectivity index (χ0v) is 12.6. The average Bonchev–Trinajstić information content (AvgIpc) is 2.81. The van der Waals surface area contributed by atoms with Gasteiger partial charge in [-0.1, -0.05) is 43.4 Å². The Labute approximate surface area is 129 Å². The molecule has 0 saturated heterocycles. The molecule has 2 aliphatic rings. The molecule has 116 valence electrons. The zero-order chi connectivity index (χ0) is 15.7. The lowest BCUT2D eigenvalue weighted by atomic mass is 9.72. The van der Waals surface area contributed by atoms with Crippen LogP contribution < -0.4 is 0 Å². The Bertz CT molecular complexity index is 596. The van der Waals surface area contributed by atoms with E-state index in [1.807, 2.05) is 6.92 Å². The Morgan fingerprint density at radius 2 is 1.64 bits per heavy atom. The third-order valence-electron chi connectivity index (χ3n) is 4.85. The van der Waals surface area contributed by atoms with Crippen LogP contribution in [0.4, 0.5) is 0 Å². The van der Waals surface area contributed by atoms with E-state index in [1.165, 1.54) is 0 Å². The molecule has 0 unspecified atom stereocenters. The van der Waals surface area contributed by atoms with Crippen LogP contribution in [0.2, 0.25) is 0 Å². The molecule has 1 aromatic carbocycles. The number of carbonyl (C=O) groups excluding carboxylic acids is 3. The van der Waals surface area contributed by atoms with Gasteiger partial charge in [0.25, 0.3) is 11.8 Å². The van der Waals surface area contributed by atoms with Crippen molar-refractivity contribution < 1.29 is 19.2 Å². The molecule has 1 heterocycles. The lowest BCUT2D eigenvalue weighted by molar-refractivity contribution is -0.183.